The van der Waals surface area contributed by atoms with Gasteiger partial charge in [-0.3, -0.25) is 0 Å². The van der Waals surface area contributed by atoms with E-state index < -0.39 is 0 Å². The number of hydrogen-bond acceptors (Lipinski definition) is 3. The minimum atomic E-state index is -0.157. The molecule has 0 aliphatic carbocycles. The maximum absolute atomic E-state index is 5.52. The summed E-state index contributed by atoms with van der Waals surface area (Å²) in [4.78, 5) is 0. The lowest BCUT2D eigenvalue weighted by Crippen LogP contribution is -2.15. The van der Waals surface area contributed by atoms with Crippen LogP contribution < -0.4 is 0 Å². The van der Waals surface area contributed by atoms with Crippen molar-refractivity contribution in [3.63, 3.8) is 0 Å². The molecule has 1 aromatic rings. The van der Waals surface area contributed by atoms with Crippen LogP contribution in [0.15, 0.2) is 16.5 Å². The lowest BCUT2D eigenvalue weighted by Gasteiger charge is -2.16. The van der Waals surface area contributed by atoms with Crippen molar-refractivity contribution in [3.8, 4) is 0 Å². The Kier molecular flexibility index (Phi) is 4.17. The highest BCUT2D eigenvalue weighted by Gasteiger charge is 2.15. The molecule has 0 amide bonds. The first-order valence-electron chi connectivity index (χ1n) is 4.79. The van der Waals surface area contributed by atoms with Crippen molar-refractivity contribution in [3.05, 3.63) is 23.7 Å². The molecule has 80 valence electrons. The summed E-state index contributed by atoms with van der Waals surface area (Å²) in [5, 5.41) is 0. The summed E-state index contributed by atoms with van der Waals surface area (Å²) in [5.74, 6) is 2.24. The first-order valence-corrected chi connectivity index (χ1v) is 4.79. The lowest BCUT2D eigenvalue weighted by atomic mass is 10.1. The van der Waals surface area contributed by atoms with E-state index in [-0.39, 0.29) is 6.29 Å². The van der Waals surface area contributed by atoms with E-state index in [1.165, 1.54) is 0 Å². The van der Waals surface area contributed by atoms with Crippen LogP contribution in [0.1, 0.15) is 30.8 Å². The molecule has 1 atom stereocenters. The molecule has 3 nitrogen and oxygen atoms in total. The molecule has 1 heterocycles. The van der Waals surface area contributed by atoms with Crippen molar-refractivity contribution in [2.75, 3.05) is 14.2 Å². The normalized spacial score (nSPS) is 13.5. The van der Waals surface area contributed by atoms with Crippen molar-refractivity contribution in [2.45, 2.75) is 32.5 Å². The second kappa shape index (κ2) is 5.17. The predicted molar refractivity (Wildman–Crippen MR) is 54.3 cm³/mol. The highest BCUT2D eigenvalue weighted by atomic mass is 16.7. The van der Waals surface area contributed by atoms with Crippen molar-refractivity contribution in [1.29, 1.82) is 0 Å². The summed E-state index contributed by atoms with van der Waals surface area (Å²) in [7, 11) is 3.29. The molecular formula is C11H18O3. The molecule has 1 aromatic heterocycles. The third-order valence-corrected chi connectivity index (χ3v) is 2.32. The van der Waals surface area contributed by atoms with E-state index >= 15 is 0 Å². The average molecular weight is 198 g/mol. The Morgan fingerprint density at radius 2 is 1.93 bits per heavy atom. The maximum Gasteiger partial charge on any atom is 0.157 e. The van der Waals surface area contributed by atoms with Gasteiger partial charge in [0.15, 0.2) is 6.29 Å². The standard InChI is InChI=1S/C11H18O3/c1-8(7-11(12-3)13-4)10-6-5-9(2)14-10/h5-6,8,11H,7H2,1-4H3. The van der Waals surface area contributed by atoms with Gasteiger partial charge in [0.2, 0.25) is 0 Å². The lowest BCUT2D eigenvalue weighted by molar-refractivity contribution is -0.109. The summed E-state index contributed by atoms with van der Waals surface area (Å²) in [6, 6.07) is 3.98. The van der Waals surface area contributed by atoms with Gasteiger partial charge < -0.3 is 13.9 Å². The zero-order chi connectivity index (χ0) is 10.6. The van der Waals surface area contributed by atoms with Crippen molar-refractivity contribution >= 4 is 0 Å². The van der Waals surface area contributed by atoms with Crippen LogP contribution in [-0.2, 0) is 9.47 Å². The van der Waals surface area contributed by atoms with Gasteiger partial charge in [-0.2, -0.15) is 0 Å². The number of furan rings is 1. The highest BCUT2D eigenvalue weighted by Crippen LogP contribution is 2.23. The minimum Gasteiger partial charge on any atom is -0.466 e. The Morgan fingerprint density at radius 1 is 1.29 bits per heavy atom. The summed E-state index contributed by atoms with van der Waals surface area (Å²) in [5.41, 5.74) is 0. The molecule has 14 heavy (non-hydrogen) atoms. The molecule has 0 bridgehead atoms. The van der Waals surface area contributed by atoms with Crippen LogP contribution in [0, 0.1) is 6.92 Å². The third-order valence-electron chi connectivity index (χ3n) is 2.32. The van der Waals surface area contributed by atoms with Gasteiger partial charge in [0, 0.05) is 26.6 Å². The van der Waals surface area contributed by atoms with E-state index in [1.807, 2.05) is 19.1 Å². The van der Waals surface area contributed by atoms with Crippen LogP contribution in [0.25, 0.3) is 0 Å². The van der Waals surface area contributed by atoms with E-state index in [2.05, 4.69) is 6.92 Å². The summed E-state index contributed by atoms with van der Waals surface area (Å²) in [6.45, 7) is 4.05. The molecule has 3 heteroatoms. The van der Waals surface area contributed by atoms with Crippen molar-refractivity contribution < 1.29 is 13.9 Å². The smallest absolute Gasteiger partial charge is 0.157 e. The van der Waals surface area contributed by atoms with E-state index in [4.69, 9.17) is 13.9 Å². The Bertz CT molecular complexity index is 263. The van der Waals surface area contributed by atoms with Gasteiger partial charge in [-0.05, 0) is 19.1 Å². The van der Waals surface area contributed by atoms with Gasteiger partial charge in [-0.1, -0.05) is 6.92 Å². The summed E-state index contributed by atoms with van der Waals surface area (Å²) >= 11 is 0. The molecule has 0 spiro atoms. The third kappa shape index (κ3) is 2.86. The molecule has 1 unspecified atom stereocenters. The second-order valence-corrected chi connectivity index (χ2v) is 3.49. The van der Waals surface area contributed by atoms with Crippen LogP contribution in [0.4, 0.5) is 0 Å². The monoisotopic (exact) mass is 198 g/mol. The summed E-state index contributed by atoms with van der Waals surface area (Å²) < 4.78 is 15.8. The van der Waals surface area contributed by atoms with Crippen LogP contribution in [-0.4, -0.2) is 20.5 Å². The Labute approximate surface area is 85.0 Å². The van der Waals surface area contributed by atoms with Crippen molar-refractivity contribution in [1.82, 2.24) is 0 Å². The average Bonchev–Trinajstić information content (AvgIpc) is 2.61. The molecule has 0 saturated heterocycles. The van der Waals surface area contributed by atoms with Gasteiger partial charge in [0.1, 0.15) is 11.5 Å². The maximum atomic E-state index is 5.52. The number of ether oxygens (including phenoxy) is 2. The quantitative estimate of drug-likeness (QED) is 0.682. The largest absolute Gasteiger partial charge is 0.466 e. The van der Waals surface area contributed by atoms with E-state index in [1.54, 1.807) is 14.2 Å². The fraction of sp³-hybridized carbons (Fsp3) is 0.636. The van der Waals surface area contributed by atoms with Gasteiger partial charge >= 0.3 is 0 Å². The Balaban J connectivity index is 2.53. The molecule has 0 fully saturated rings. The van der Waals surface area contributed by atoms with Crippen LogP contribution in [0.3, 0.4) is 0 Å². The van der Waals surface area contributed by atoms with E-state index in [0.717, 1.165) is 17.9 Å². The molecule has 0 aliphatic heterocycles. The molecular weight excluding hydrogens is 180 g/mol. The molecule has 0 aliphatic rings. The van der Waals surface area contributed by atoms with Gasteiger partial charge in [-0.25, -0.2) is 0 Å². The fourth-order valence-electron chi connectivity index (χ4n) is 1.41. The Hall–Kier alpha value is -0.800. The fourth-order valence-corrected chi connectivity index (χ4v) is 1.41. The van der Waals surface area contributed by atoms with Gasteiger partial charge in [0.05, 0.1) is 0 Å². The zero-order valence-electron chi connectivity index (χ0n) is 9.24. The van der Waals surface area contributed by atoms with Crippen molar-refractivity contribution in [2.24, 2.45) is 0 Å². The number of hydrogen-bond donors (Lipinski definition) is 0. The first-order chi connectivity index (χ1) is 6.67. The van der Waals surface area contributed by atoms with Crippen LogP contribution in [0.5, 0.6) is 0 Å². The van der Waals surface area contributed by atoms with Crippen LogP contribution in [0.2, 0.25) is 0 Å². The number of methoxy groups -OCH3 is 2. The summed E-state index contributed by atoms with van der Waals surface area (Å²) in [6.07, 6.45) is 0.648. The Morgan fingerprint density at radius 3 is 2.36 bits per heavy atom. The highest BCUT2D eigenvalue weighted by molar-refractivity contribution is 5.09. The molecule has 0 N–H and O–H groups in total. The molecule has 0 aromatic carbocycles. The number of rotatable bonds is 5. The van der Waals surface area contributed by atoms with Crippen LogP contribution >= 0.6 is 0 Å². The topological polar surface area (TPSA) is 31.6 Å². The molecule has 0 radical (unpaired) electrons. The van der Waals surface area contributed by atoms with E-state index in [0.29, 0.717) is 5.92 Å². The SMILES string of the molecule is COC(CC(C)c1ccc(C)o1)OC. The van der Waals surface area contributed by atoms with Gasteiger partial charge in [0.25, 0.3) is 0 Å². The second-order valence-electron chi connectivity index (χ2n) is 3.49. The predicted octanol–water partition coefficient (Wildman–Crippen LogP) is 2.70. The first kappa shape index (κ1) is 11.3. The zero-order valence-corrected chi connectivity index (χ0v) is 9.24. The van der Waals surface area contributed by atoms with Gasteiger partial charge in [-0.15, -0.1) is 0 Å². The molecule has 1 rings (SSSR count). The van der Waals surface area contributed by atoms with E-state index in [9.17, 15) is 0 Å². The number of aryl methyl sites for hydroxylation is 1. The molecule has 0 saturated carbocycles. The minimum absolute atomic E-state index is 0.157.